The SMILES string of the molecule is COCCCOCCNC(CCO)C(C)(C)C. The molecular formula is C13H29NO3. The monoisotopic (exact) mass is 247 g/mol. The van der Waals surface area contributed by atoms with Gasteiger partial charge in [0.05, 0.1) is 6.61 Å². The highest BCUT2D eigenvalue weighted by Gasteiger charge is 2.22. The molecule has 4 heteroatoms. The Bertz CT molecular complexity index is 169. The van der Waals surface area contributed by atoms with E-state index in [2.05, 4.69) is 26.1 Å². The first-order valence-electron chi connectivity index (χ1n) is 6.43. The first kappa shape index (κ1) is 16.8. The molecule has 0 radical (unpaired) electrons. The van der Waals surface area contributed by atoms with Crippen molar-refractivity contribution >= 4 is 0 Å². The van der Waals surface area contributed by atoms with Crippen LogP contribution in [0.25, 0.3) is 0 Å². The summed E-state index contributed by atoms with van der Waals surface area (Å²) in [5, 5.41) is 12.4. The van der Waals surface area contributed by atoms with Gasteiger partial charge in [-0.3, -0.25) is 0 Å². The quantitative estimate of drug-likeness (QED) is 0.573. The molecule has 17 heavy (non-hydrogen) atoms. The van der Waals surface area contributed by atoms with Crippen LogP contribution in [0.2, 0.25) is 0 Å². The molecule has 0 saturated heterocycles. The fraction of sp³-hybridized carbons (Fsp3) is 1.00. The zero-order valence-corrected chi connectivity index (χ0v) is 11.8. The molecule has 0 spiro atoms. The van der Waals surface area contributed by atoms with Crippen LogP contribution in [0.4, 0.5) is 0 Å². The van der Waals surface area contributed by atoms with Crippen molar-refractivity contribution in [2.75, 3.05) is 40.1 Å². The Morgan fingerprint density at radius 3 is 2.41 bits per heavy atom. The largest absolute Gasteiger partial charge is 0.396 e. The van der Waals surface area contributed by atoms with Crippen molar-refractivity contribution in [1.29, 1.82) is 0 Å². The minimum absolute atomic E-state index is 0.165. The molecule has 0 amide bonds. The van der Waals surface area contributed by atoms with E-state index in [1.807, 2.05) is 0 Å². The molecule has 1 unspecified atom stereocenters. The predicted molar refractivity (Wildman–Crippen MR) is 70.3 cm³/mol. The number of hydrogen-bond acceptors (Lipinski definition) is 4. The third-order valence-corrected chi connectivity index (χ3v) is 2.74. The molecule has 0 aromatic rings. The summed E-state index contributed by atoms with van der Waals surface area (Å²) in [5.74, 6) is 0. The van der Waals surface area contributed by atoms with Crippen LogP contribution in [-0.4, -0.2) is 51.2 Å². The summed E-state index contributed by atoms with van der Waals surface area (Å²) >= 11 is 0. The summed E-state index contributed by atoms with van der Waals surface area (Å²) in [6, 6.07) is 0.329. The molecule has 0 bridgehead atoms. The Balaban J connectivity index is 3.55. The van der Waals surface area contributed by atoms with E-state index in [0.717, 1.165) is 32.6 Å². The van der Waals surface area contributed by atoms with Crippen molar-refractivity contribution in [3.05, 3.63) is 0 Å². The van der Waals surface area contributed by atoms with E-state index < -0.39 is 0 Å². The first-order valence-corrected chi connectivity index (χ1v) is 6.43. The Morgan fingerprint density at radius 1 is 1.18 bits per heavy atom. The van der Waals surface area contributed by atoms with Gasteiger partial charge in [-0.1, -0.05) is 20.8 Å². The Hall–Kier alpha value is -0.160. The maximum Gasteiger partial charge on any atom is 0.0591 e. The van der Waals surface area contributed by atoms with Gasteiger partial charge in [0.1, 0.15) is 0 Å². The summed E-state index contributed by atoms with van der Waals surface area (Å²) < 4.78 is 10.4. The van der Waals surface area contributed by atoms with E-state index in [9.17, 15) is 0 Å². The van der Waals surface area contributed by atoms with E-state index >= 15 is 0 Å². The maximum atomic E-state index is 9.01. The standard InChI is InChI=1S/C13H29NO3/c1-13(2,3)12(6-8-15)14-7-11-17-10-5-9-16-4/h12,14-15H,5-11H2,1-4H3. The highest BCUT2D eigenvalue weighted by Crippen LogP contribution is 2.21. The lowest BCUT2D eigenvalue weighted by Gasteiger charge is -2.31. The van der Waals surface area contributed by atoms with Gasteiger partial charge in [0.2, 0.25) is 0 Å². The van der Waals surface area contributed by atoms with Crippen LogP contribution in [0, 0.1) is 5.41 Å². The van der Waals surface area contributed by atoms with Gasteiger partial charge in [-0.05, 0) is 18.3 Å². The second kappa shape index (κ2) is 9.83. The van der Waals surface area contributed by atoms with Crippen molar-refractivity contribution in [3.63, 3.8) is 0 Å². The van der Waals surface area contributed by atoms with Gasteiger partial charge in [-0.2, -0.15) is 0 Å². The van der Waals surface area contributed by atoms with Crippen LogP contribution < -0.4 is 5.32 Å². The maximum absolute atomic E-state index is 9.01. The van der Waals surface area contributed by atoms with Crippen LogP contribution in [0.5, 0.6) is 0 Å². The Labute approximate surface area is 106 Å². The molecule has 0 aromatic heterocycles. The molecule has 0 heterocycles. The van der Waals surface area contributed by atoms with Crippen molar-refractivity contribution < 1.29 is 14.6 Å². The van der Waals surface area contributed by atoms with Crippen molar-refractivity contribution in [1.82, 2.24) is 5.32 Å². The summed E-state index contributed by atoms with van der Waals surface area (Å²) in [5.41, 5.74) is 0.165. The van der Waals surface area contributed by atoms with Gasteiger partial charge in [0, 0.05) is 39.5 Å². The minimum Gasteiger partial charge on any atom is -0.396 e. The fourth-order valence-corrected chi connectivity index (χ4v) is 1.68. The highest BCUT2D eigenvalue weighted by atomic mass is 16.5. The van der Waals surface area contributed by atoms with E-state index in [1.165, 1.54) is 0 Å². The molecule has 0 fully saturated rings. The van der Waals surface area contributed by atoms with Gasteiger partial charge in [0.15, 0.2) is 0 Å². The number of nitrogens with one attached hydrogen (secondary N) is 1. The lowest BCUT2D eigenvalue weighted by atomic mass is 9.85. The third-order valence-electron chi connectivity index (χ3n) is 2.74. The lowest BCUT2D eigenvalue weighted by Crippen LogP contribution is -2.42. The van der Waals surface area contributed by atoms with Gasteiger partial charge >= 0.3 is 0 Å². The number of rotatable bonds is 10. The summed E-state index contributed by atoms with van der Waals surface area (Å²) in [6.45, 7) is 9.80. The highest BCUT2D eigenvalue weighted by molar-refractivity contribution is 4.79. The lowest BCUT2D eigenvalue weighted by molar-refractivity contribution is 0.0979. The van der Waals surface area contributed by atoms with Crippen LogP contribution in [0.1, 0.15) is 33.6 Å². The zero-order chi connectivity index (χ0) is 13.1. The summed E-state index contributed by atoms with van der Waals surface area (Å²) in [4.78, 5) is 0. The number of aliphatic hydroxyl groups excluding tert-OH is 1. The molecule has 0 aliphatic rings. The van der Waals surface area contributed by atoms with E-state index in [0.29, 0.717) is 12.6 Å². The number of ether oxygens (including phenoxy) is 2. The number of aliphatic hydroxyl groups is 1. The smallest absolute Gasteiger partial charge is 0.0591 e. The van der Waals surface area contributed by atoms with Gasteiger partial charge in [-0.15, -0.1) is 0 Å². The molecule has 2 N–H and O–H groups in total. The van der Waals surface area contributed by atoms with Crippen LogP contribution in [0.15, 0.2) is 0 Å². The molecular weight excluding hydrogens is 218 g/mol. The average Bonchev–Trinajstić information content (AvgIpc) is 2.25. The predicted octanol–water partition coefficient (Wildman–Crippen LogP) is 1.43. The zero-order valence-electron chi connectivity index (χ0n) is 11.8. The first-order chi connectivity index (χ1) is 8.02. The van der Waals surface area contributed by atoms with E-state index in [-0.39, 0.29) is 12.0 Å². The van der Waals surface area contributed by atoms with Crippen LogP contribution in [0.3, 0.4) is 0 Å². The van der Waals surface area contributed by atoms with E-state index in [4.69, 9.17) is 14.6 Å². The van der Waals surface area contributed by atoms with Crippen molar-refractivity contribution in [2.24, 2.45) is 5.41 Å². The Kier molecular flexibility index (Phi) is 9.74. The van der Waals surface area contributed by atoms with Gasteiger partial charge in [-0.25, -0.2) is 0 Å². The number of hydrogen-bond donors (Lipinski definition) is 2. The third kappa shape index (κ3) is 9.53. The molecule has 104 valence electrons. The summed E-state index contributed by atoms with van der Waals surface area (Å²) in [6.07, 6.45) is 1.73. The molecule has 0 aliphatic heterocycles. The minimum atomic E-state index is 0.165. The summed E-state index contributed by atoms with van der Waals surface area (Å²) in [7, 11) is 1.70. The average molecular weight is 247 g/mol. The molecule has 0 saturated carbocycles. The Morgan fingerprint density at radius 2 is 1.88 bits per heavy atom. The van der Waals surface area contributed by atoms with Crippen molar-refractivity contribution in [2.45, 2.75) is 39.7 Å². The fourth-order valence-electron chi connectivity index (χ4n) is 1.68. The van der Waals surface area contributed by atoms with E-state index in [1.54, 1.807) is 7.11 Å². The van der Waals surface area contributed by atoms with Crippen LogP contribution >= 0.6 is 0 Å². The molecule has 1 atom stereocenters. The second-order valence-electron chi connectivity index (χ2n) is 5.34. The van der Waals surface area contributed by atoms with Crippen molar-refractivity contribution in [3.8, 4) is 0 Å². The molecule has 0 rings (SSSR count). The normalized spacial score (nSPS) is 13.9. The molecule has 0 aliphatic carbocycles. The van der Waals surface area contributed by atoms with Gasteiger partial charge < -0.3 is 19.9 Å². The topological polar surface area (TPSA) is 50.7 Å². The molecule has 4 nitrogen and oxygen atoms in total. The van der Waals surface area contributed by atoms with Crippen LogP contribution in [-0.2, 0) is 9.47 Å². The molecule has 0 aromatic carbocycles. The second-order valence-corrected chi connectivity index (χ2v) is 5.34. The number of methoxy groups -OCH3 is 1. The van der Waals surface area contributed by atoms with Gasteiger partial charge in [0.25, 0.3) is 0 Å².